The molecule has 146 valence electrons. The molecule has 1 saturated heterocycles. The molecule has 7 nitrogen and oxygen atoms in total. The predicted octanol–water partition coefficient (Wildman–Crippen LogP) is 1.03. The van der Waals surface area contributed by atoms with Crippen molar-refractivity contribution in [3.8, 4) is 5.69 Å². The molecular weight excluding hydrogens is 378 g/mol. The first-order valence-corrected chi connectivity index (χ1v) is 9.81. The van der Waals surface area contributed by atoms with Crippen LogP contribution in [0, 0.1) is 6.92 Å². The Kier molecular flexibility index (Phi) is 5.57. The average Bonchev–Trinajstić information content (AvgIpc) is 3.07. The lowest BCUT2D eigenvalue weighted by atomic mass is 10.2. The fourth-order valence-corrected chi connectivity index (χ4v) is 3.83. The summed E-state index contributed by atoms with van der Waals surface area (Å²) in [5.41, 5.74) is 2.66. The second-order valence-electron chi connectivity index (χ2n) is 6.89. The van der Waals surface area contributed by atoms with Crippen LogP contribution >= 0.6 is 11.6 Å². The molecule has 3 aromatic rings. The van der Waals surface area contributed by atoms with E-state index in [9.17, 15) is 4.79 Å². The lowest BCUT2D eigenvalue weighted by molar-refractivity contribution is -0.906. The molecule has 1 amide bonds. The topological polar surface area (TPSA) is 73.5 Å². The monoisotopic (exact) mass is 400 g/mol. The SMILES string of the molecule is Cc1nn(-c2ccccc2)c2ncc(C(=O)NCC[NH+]3CCOCC3)c(Cl)c12. The number of hydrogen-bond donors (Lipinski definition) is 2. The first kappa shape index (κ1) is 18.9. The minimum atomic E-state index is -0.209. The van der Waals surface area contributed by atoms with Gasteiger partial charge in [0.2, 0.25) is 0 Å². The van der Waals surface area contributed by atoms with Gasteiger partial charge in [0.15, 0.2) is 5.65 Å². The number of benzene rings is 1. The number of para-hydroxylation sites is 1. The number of rotatable bonds is 5. The van der Waals surface area contributed by atoms with E-state index in [4.69, 9.17) is 16.3 Å². The number of amides is 1. The Bertz CT molecular complexity index is 983. The van der Waals surface area contributed by atoms with Crippen molar-refractivity contribution in [2.45, 2.75) is 6.92 Å². The molecule has 1 aromatic carbocycles. The van der Waals surface area contributed by atoms with Crippen molar-refractivity contribution in [2.24, 2.45) is 0 Å². The molecule has 0 atom stereocenters. The van der Waals surface area contributed by atoms with Gasteiger partial charge in [0.05, 0.1) is 53.7 Å². The van der Waals surface area contributed by atoms with E-state index in [1.807, 2.05) is 37.3 Å². The fraction of sp³-hybridized carbons (Fsp3) is 0.350. The van der Waals surface area contributed by atoms with Crippen molar-refractivity contribution < 1.29 is 14.4 Å². The summed E-state index contributed by atoms with van der Waals surface area (Å²) in [6.45, 7) is 6.84. The first-order valence-electron chi connectivity index (χ1n) is 9.44. The largest absolute Gasteiger partial charge is 0.370 e. The summed E-state index contributed by atoms with van der Waals surface area (Å²) in [7, 11) is 0. The summed E-state index contributed by atoms with van der Waals surface area (Å²) < 4.78 is 7.11. The number of morpholine rings is 1. The van der Waals surface area contributed by atoms with Gasteiger partial charge in [0, 0.05) is 6.20 Å². The van der Waals surface area contributed by atoms with Gasteiger partial charge in [-0.1, -0.05) is 29.8 Å². The van der Waals surface area contributed by atoms with Crippen LogP contribution in [-0.4, -0.2) is 60.1 Å². The molecule has 2 N–H and O–H groups in total. The molecule has 0 spiro atoms. The third kappa shape index (κ3) is 3.73. The molecule has 0 aliphatic carbocycles. The number of carbonyl (C=O) groups excluding carboxylic acids is 1. The second-order valence-corrected chi connectivity index (χ2v) is 7.26. The second kappa shape index (κ2) is 8.26. The molecule has 0 bridgehead atoms. The van der Waals surface area contributed by atoms with Crippen molar-refractivity contribution in [1.29, 1.82) is 0 Å². The fourth-order valence-electron chi connectivity index (χ4n) is 3.47. The molecule has 3 heterocycles. The van der Waals surface area contributed by atoms with Crippen LogP contribution in [0.4, 0.5) is 0 Å². The summed E-state index contributed by atoms with van der Waals surface area (Å²) in [5, 5.41) is 8.62. The molecule has 0 unspecified atom stereocenters. The van der Waals surface area contributed by atoms with Crippen molar-refractivity contribution >= 4 is 28.5 Å². The average molecular weight is 401 g/mol. The van der Waals surface area contributed by atoms with Gasteiger partial charge < -0.3 is 15.0 Å². The Morgan fingerprint density at radius 2 is 2.04 bits per heavy atom. The lowest BCUT2D eigenvalue weighted by Crippen LogP contribution is -3.14. The number of fused-ring (bicyclic) bond motifs is 1. The highest BCUT2D eigenvalue weighted by Gasteiger charge is 2.20. The van der Waals surface area contributed by atoms with Crippen LogP contribution in [0.25, 0.3) is 16.7 Å². The third-order valence-electron chi connectivity index (χ3n) is 5.02. The van der Waals surface area contributed by atoms with Gasteiger partial charge in [-0.25, -0.2) is 9.67 Å². The van der Waals surface area contributed by atoms with Gasteiger partial charge in [-0.15, -0.1) is 0 Å². The van der Waals surface area contributed by atoms with E-state index in [2.05, 4.69) is 15.4 Å². The summed E-state index contributed by atoms with van der Waals surface area (Å²) in [6, 6.07) is 9.74. The number of hydrogen-bond acceptors (Lipinski definition) is 4. The molecular formula is C20H23ClN5O2+. The Labute approximate surface area is 168 Å². The molecule has 1 aliphatic heterocycles. The van der Waals surface area contributed by atoms with Crippen molar-refractivity contribution in [1.82, 2.24) is 20.1 Å². The zero-order valence-corrected chi connectivity index (χ0v) is 16.5. The molecule has 8 heteroatoms. The Balaban J connectivity index is 1.54. The minimum Gasteiger partial charge on any atom is -0.370 e. The number of aryl methyl sites for hydroxylation is 1. The molecule has 0 saturated carbocycles. The highest BCUT2D eigenvalue weighted by atomic mass is 35.5. The Morgan fingerprint density at radius 1 is 1.29 bits per heavy atom. The van der Waals surface area contributed by atoms with Gasteiger partial charge in [0.25, 0.3) is 5.91 Å². The van der Waals surface area contributed by atoms with E-state index in [-0.39, 0.29) is 5.91 Å². The van der Waals surface area contributed by atoms with Gasteiger partial charge in [-0.2, -0.15) is 5.10 Å². The van der Waals surface area contributed by atoms with E-state index in [1.165, 1.54) is 11.1 Å². The summed E-state index contributed by atoms with van der Waals surface area (Å²) in [6.07, 6.45) is 1.53. The number of nitrogens with zero attached hydrogens (tertiary/aromatic N) is 3. The number of pyridine rings is 1. The van der Waals surface area contributed by atoms with Gasteiger partial charge >= 0.3 is 0 Å². The van der Waals surface area contributed by atoms with Crippen molar-refractivity contribution in [3.63, 3.8) is 0 Å². The van der Waals surface area contributed by atoms with Crippen LogP contribution in [-0.2, 0) is 4.74 Å². The van der Waals surface area contributed by atoms with Crippen LogP contribution in [0.15, 0.2) is 36.5 Å². The number of nitrogens with one attached hydrogen (secondary N) is 2. The van der Waals surface area contributed by atoms with Gasteiger partial charge in [0.1, 0.15) is 13.1 Å². The number of quaternary nitrogens is 1. The first-order chi connectivity index (χ1) is 13.6. The van der Waals surface area contributed by atoms with E-state index in [1.54, 1.807) is 4.68 Å². The van der Waals surface area contributed by atoms with E-state index < -0.39 is 0 Å². The van der Waals surface area contributed by atoms with Crippen LogP contribution < -0.4 is 10.2 Å². The third-order valence-corrected chi connectivity index (χ3v) is 5.41. The van der Waals surface area contributed by atoms with Gasteiger partial charge in [-0.05, 0) is 19.1 Å². The summed E-state index contributed by atoms with van der Waals surface area (Å²) in [5.74, 6) is -0.209. The highest BCUT2D eigenvalue weighted by molar-refractivity contribution is 6.38. The standard InChI is InChI=1S/C20H22ClN5O2/c1-14-17-18(21)16(20(27)22-7-8-25-9-11-28-12-10-25)13-23-19(17)26(24-14)15-5-3-2-4-6-15/h2-6,13H,7-12H2,1H3,(H,22,27)/p+1. The van der Waals surface area contributed by atoms with Crippen molar-refractivity contribution in [2.75, 3.05) is 39.4 Å². The maximum atomic E-state index is 12.6. The minimum absolute atomic E-state index is 0.209. The summed E-state index contributed by atoms with van der Waals surface area (Å²) >= 11 is 6.59. The van der Waals surface area contributed by atoms with Crippen LogP contribution in [0.5, 0.6) is 0 Å². The molecule has 2 aromatic heterocycles. The number of halogens is 1. The zero-order valence-electron chi connectivity index (χ0n) is 15.7. The normalized spacial score (nSPS) is 15.1. The maximum Gasteiger partial charge on any atom is 0.254 e. The summed E-state index contributed by atoms with van der Waals surface area (Å²) in [4.78, 5) is 18.6. The van der Waals surface area contributed by atoms with Crippen molar-refractivity contribution in [3.05, 3.63) is 52.8 Å². The van der Waals surface area contributed by atoms with E-state index >= 15 is 0 Å². The molecule has 4 rings (SSSR count). The Hall–Kier alpha value is -2.48. The quantitative estimate of drug-likeness (QED) is 0.671. The van der Waals surface area contributed by atoms with Crippen LogP contribution in [0.3, 0.4) is 0 Å². The lowest BCUT2D eigenvalue weighted by Gasteiger charge is -2.23. The van der Waals surface area contributed by atoms with Crippen LogP contribution in [0.1, 0.15) is 16.1 Å². The zero-order chi connectivity index (χ0) is 19.5. The number of aromatic nitrogens is 3. The highest BCUT2D eigenvalue weighted by Crippen LogP contribution is 2.29. The number of ether oxygens (including phenoxy) is 1. The smallest absolute Gasteiger partial charge is 0.254 e. The predicted molar refractivity (Wildman–Crippen MR) is 107 cm³/mol. The van der Waals surface area contributed by atoms with E-state index in [0.717, 1.165) is 44.2 Å². The number of carbonyl (C=O) groups is 1. The van der Waals surface area contributed by atoms with Crippen LogP contribution in [0.2, 0.25) is 5.02 Å². The molecule has 0 radical (unpaired) electrons. The molecule has 1 aliphatic rings. The van der Waals surface area contributed by atoms with Gasteiger partial charge in [-0.3, -0.25) is 4.79 Å². The van der Waals surface area contributed by atoms with E-state index in [0.29, 0.717) is 28.2 Å². The Morgan fingerprint density at radius 3 is 2.79 bits per heavy atom. The maximum absolute atomic E-state index is 12.6. The molecule has 1 fully saturated rings. The molecule has 28 heavy (non-hydrogen) atoms.